The van der Waals surface area contributed by atoms with E-state index in [0.29, 0.717) is 58.7 Å². The van der Waals surface area contributed by atoms with E-state index >= 15 is 4.39 Å². The third-order valence-electron chi connectivity index (χ3n) is 10.2. The smallest absolute Gasteiger partial charge is 0.319 e. The second-order valence-corrected chi connectivity index (χ2v) is 13.0. The average molecular weight is 611 g/mol. The van der Waals surface area contributed by atoms with Crippen LogP contribution in [0.15, 0.2) is 30.3 Å². The maximum Gasteiger partial charge on any atom is 0.319 e. The van der Waals surface area contributed by atoms with Crippen LogP contribution in [-0.2, 0) is 6.42 Å². The van der Waals surface area contributed by atoms with Crippen molar-refractivity contribution in [3.63, 3.8) is 0 Å². The minimum atomic E-state index is -0.599. The quantitative estimate of drug-likeness (QED) is 0.251. The summed E-state index contributed by atoms with van der Waals surface area (Å²) in [5.74, 6) is 2.30. The van der Waals surface area contributed by atoms with E-state index in [1.807, 2.05) is 12.1 Å². The lowest BCUT2D eigenvalue weighted by Gasteiger charge is -2.31. The molecule has 9 heteroatoms. The van der Waals surface area contributed by atoms with Crippen molar-refractivity contribution < 1.29 is 13.5 Å². The topological polar surface area (TPSA) is 75.2 Å². The molecule has 2 unspecified atom stereocenters. The summed E-state index contributed by atoms with van der Waals surface area (Å²) in [6, 6.07) is 8.75. The zero-order valence-corrected chi connectivity index (χ0v) is 26.1. The predicted molar refractivity (Wildman–Crippen MR) is 174 cm³/mol. The molecule has 2 aromatic heterocycles. The van der Waals surface area contributed by atoms with Gasteiger partial charge in [-0.3, -0.25) is 4.90 Å². The molecule has 2 fully saturated rings. The van der Waals surface area contributed by atoms with Crippen molar-refractivity contribution in [1.29, 1.82) is 0 Å². The number of ether oxygens (including phenoxy) is 1. The normalized spacial score (nSPS) is 21.7. The number of rotatable bonds is 5. The van der Waals surface area contributed by atoms with Crippen molar-refractivity contribution in [3.05, 3.63) is 53.2 Å². The third kappa shape index (κ3) is 5.38. The number of fused-ring (bicyclic) bond motifs is 2. The summed E-state index contributed by atoms with van der Waals surface area (Å²) in [5, 5.41) is 8.86. The fourth-order valence-corrected chi connectivity index (χ4v) is 7.61. The molecule has 0 spiro atoms. The minimum absolute atomic E-state index is 0.00990. The first-order valence-electron chi connectivity index (χ1n) is 16.3. The molecule has 0 saturated carbocycles. The van der Waals surface area contributed by atoms with Gasteiger partial charge in [0.25, 0.3) is 0 Å². The van der Waals surface area contributed by atoms with Gasteiger partial charge in [0.2, 0.25) is 0 Å². The highest BCUT2D eigenvalue weighted by Crippen LogP contribution is 2.41. The molecule has 2 saturated heterocycles. The van der Waals surface area contributed by atoms with Crippen LogP contribution in [0.25, 0.3) is 32.9 Å². The number of aryl methyl sites for hydroxylation is 1. The molecule has 2 aromatic carbocycles. The molecule has 2 atom stereocenters. The number of benzene rings is 2. The lowest BCUT2D eigenvalue weighted by molar-refractivity contribution is 0.108. The number of pyridine rings is 1. The summed E-state index contributed by atoms with van der Waals surface area (Å²) in [6.07, 6.45) is 12.7. The van der Waals surface area contributed by atoms with Crippen molar-refractivity contribution in [1.82, 2.24) is 25.2 Å². The molecule has 3 aliphatic heterocycles. The van der Waals surface area contributed by atoms with E-state index in [-0.39, 0.29) is 34.4 Å². The third-order valence-corrected chi connectivity index (χ3v) is 10.2. The van der Waals surface area contributed by atoms with Crippen molar-refractivity contribution in [2.24, 2.45) is 5.92 Å². The monoisotopic (exact) mass is 610 g/mol. The van der Waals surface area contributed by atoms with Gasteiger partial charge in [-0.1, -0.05) is 43.5 Å². The average Bonchev–Trinajstić information content (AvgIpc) is 3.63. The molecule has 45 heavy (non-hydrogen) atoms. The summed E-state index contributed by atoms with van der Waals surface area (Å²) in [4.78, 5) is 17.1. The van der Waals surface area contributed by atoms with Gasteiger partial charge in [-0.25, -0.2) is 13.8 Å². The van der Waals surface area contributed by atoms with E-state index in [9.17, 15) is 4.39 Å². The largest absolute Gasteiger partial charge is 0.461 e. The van der Waals surface area contributed by atoms with Gasteiger partial charge in [-0.05, 0) is 82.5 Å². The summed E-state index contributed by atoms with van der Waals surface area (Å²) in [5.41, 5.74) is 1.48. The Bertz CT molecular complexity index is 1790. The van der Waals surface area contributed by atoms with Crippen LogP contribution in [0.5, 0.6) is 6.01 Å². The van der Waals surface area contributed by atoms with Crippen molar-refractivity contribution >= 4 is 27.5 Å². The van der Waals surface area contributed by atoms with E-state index in [1.54, 1.807) is 12.1 Å². The first-order valence-corrected chi connectivity index (χ1v) is 16.3. The van der Waals surface area contributed by atoms with E-state index in [4.69, 9.17) is 26.1 Å². The van der Waals surface area contributed by atoms with Gasteiger partial charge in [0.1, 0.15) is 29.5 Å². The number of hydrogen-bond donors (Lipinski definition) is 2. The lowest BCUT2D eigenvalue weighted by atomic mass is 9.94. The van der Waals surface area contributed by atoms with Crippen LogP contribution in [0.4, 0.5) is 14.6 Å². The van der Waals surface area contributed by atoms with Gasteiger partial charge in [0.05, 0.1) is 22.2 Å². The fourth-order valence-electron chi connectivity index (χ4n) is 7.61. The van der Waals surface area contributed by atoms with Crippen LogP contribution in [0, 0.1) is 29.9 Å². The Morgan fingerprint density at radius 1 is 1.07 bits per heavy atom. The summed E-state index contributed by atoms with van der Waals surface area (Å²) >= 11 is 0. The number of halogens is 2. The molecular weight excluding hydrogens is 570 g/mol. The van der Waals surface area contributed by atoms with Gasteiger partial charge >= 0.3 is 6.01 Å². The second kappa shape index (κ2) is 12.1. The van der Waals surface area contributed by atoms with Crippen molar-refractivity contribution in [2.75, 3.05) is 38.1 Å². The molecule has 0 amide bonds. The number of nitrogens with zero attached hydrogens (tertiary/aromatic N) is 4. The Hall–Kier alpha value is -3.87. The molecular formula is C36H40F2N6O. The van der Waals surface area contributed by atoms with Gasteiger partial charge in [-0.2, -0.15) is 9.97 Å². The maximum atomic E-state index is 17.0. The van der Waals surface area contributed by atoms with Gasteiger partial charge in [-0.15, -0.1) is 6.42 Å². The van der Waals surface area contributed by atoms with Crippen LogP contribution < -0.4 is 15.4 Å². The highest BCUT2D eigenvalue weighted by atomic mass is 19.1. The first-order chi connectivity index (χ1) is 21.9. The number of anilines is 1. The summed E-state index contributed by atoms with van der Waals surface area (Å²) in [7, 11) is 0. The Morgan fingerprint density at radius 3 is 2.67 bits per heavy atom. The molecule has 234 valence electrons. The van der Waals surface area contributed by atoms with Crippen LogP contribution in [0.1, 0.15) is 63.6 Å². The van der Waals surface area contributed by atoms with Gasteiger partial charge in [0, 0.05) is 23.5 Å². The van der Waals surface area contributed by atoms with Crippen LogP contribution in [0.3, 0.4) is 0 Å². The number of aromatic nitrogens is 3. The van der Waals surface area contributed by atoms with Gasteiger partial charge in [0.15, 0.2) is 5.82 Å². The van der Waals surface area contributed by atoms with E-state index < -0.39 is 11.6 Å². The maximum absolute atomic E-state index is 17.0. The van der Waals surface area contributed by atoms with E-state index in [1.165, 1.54) is 6.07 Å². The minimum Gasteiger partial charge on any atom is -0.461 e. The molecule has 0 aliphatic carbocycles. The molecule has 7 nitrogen and oxygen atoms in total. The Kier molecular flexibility index (Phi) is 8.05. The van der Waals surface area contributed by atoms with E-state index in [2.05, 4.69) is 35.3 Å². The molecule has 0 bridgehead atoms. The number of nitrogens with one attached hydrogen (secondary N) is 2. The van der Waals surface area contributed by atoms with Crippen LogP contribution in [-0.4, -0.2) is 64.2 Å². The fraction of sp³-hybridized carbons (Fsp3) is 0.472. The van der Waals surface area contributed by atoms with Crippen molar-refractivity contribution in [3.8, 4) is 29.6 Å². The van der Waals surface area contributed by atoms with Crippen LogP contribution >= 0.6 is 0 Å². The zero-order valence-electron chi connectivity index (χ0n) is 26.1. The molecule has 3 aliphatic rings. The second-order valence-electron chi connectivity index (χ2n) is 13.0. The number of terminal acetylenes is 1. The Labute approximate surface area is 263 Å². The molecule has 0 radical (unpaired) electrons. The molecule has 2 N–H and O–H groups in total. The van der Waals surface area contributed by atoms with Gasteiger partial charge < -0.3 is 15.4 Å². The number of hydrogen-bond acceptors (Lipinski definition) is 7. The first kappa shape index (κ1) is 29.8. The van der Waals surface area contributed by atoms with Crippen molar-refractivity contribution in [2.45, 2.75) is 70.4 Å². The standard InChI is InChI=1S/C36H40F2N6O/c1-4-23-11-14-28-30-33(31(38)32(41-28)26-10-6-9-24-12-13-27(37)25(5-2)29(24)26)42-35(43-34(30)40-19-22(3)39-20-23)45-21-36-15-7-17-44(36)18-8-16-36/h2,6,9-10,12-13,22-23,39H,4,7-8,11,14-21H2,1,3H3,(H,40,42,43). The Balaban J connectivity index is 1.42. The summed E-state index contributed by atoms with van der Waals surface area (Å²) < 4.78 is 38.3. The molecule has 4 aromatic rings. The van der Waals surface area contributed by atoms with E-state index in [0.717, 1.165) is 58.2 Å². The zero-order chi connectivity index (χ0) is 31.1. The Morgan fingerprint density at radius 2 is 1.89 bits per heavy atom. The summed E-state index contributed by atoms with van der Waals surface area (Å²) in [6.45, 7) is 8.42. The molecule has 7 rings (SSSR count). The molecule has 5 heterocycles. The lowest BCUT2D eigenvalue weighted by Crippen LogP contribution is -2.43. The SMILES string of the molecule is C#Cc1c(F)ccc2cccc(-c3nc4c5c(nc(OCC67CCCN6CCC7)nc5c3F)NCC(C)NCC(CC)CC4)c12. The van der Waals surface area contributed by atoms with Crippen LogP contribution in [0.2, 0.25) is 0 Å². The highest BCUT2D eigenvalue weighted by molar-refractivity contribution is 6.02. The highest BCUT2D eigenvalue weighted by Gasteiger charge is 2.45. The predicted octanol–water partition coefficient (Wildman–Crippen LogP) is 6.47.